The van der Waals surface area contributed by atoms with Crippen LogP contribution in [0.4, 0.5) is 4.39 Å². The molecule has 2 heterocycles. The van der Waals surface area contributed by atoms with E-state index >= 15 is 0 Å². The molecule has 0 aliphatic rings. The average molecular weight is 433 g/mol. The molecule has 0 saturated heterocycles. The molecular weight excluding hydrogens is 419 g/mol. The van der Waals surface area contributed by atoms with E-state index in [9.17, 15) is 9.18 Å². The van der Waals surface area contributed by atoms with Crippen molar-refractivity contribution in [3.63, 3.8) is 0 Å². The molecule has 0 radical (unpaired) electrons. The van der Waals surface area contributed by atoms with Gasteiger partial charge in [0.15, 0.2) is 11.6 Å². The molecule has 0 spiro atoms. The second kappa shape index (κ2) is 8.73. The molecule has 0 aliphatic carbocycles. The van der Waals surface area contributed by atoms with Crippen LogP contribution in [0.3, 0.4) is 0 Å². The Hall–Kier alpha value is -2.51. The number of ether oxygens (including phenoxy) is 1. The summed E-state index contributed by atoms with van der Waals surface area (Å²) in [6, 6.07) is 9.85. The highest BCUT2D eigenvalue weighted by molar-refractivity contribution is 9.10. The van der Waals surface area contributed by atoms with Gasteiger partial charge in [-0.25, -0.2) is 4.39 Å². The van der Waals surface area contributed by atoms with Crippen molar-refractivity contribution in [2.75, 3.05) is 0 Å². The summed E-state index contributed by atoms with van der Waals surface area (Å²) in [5, 5.41) is 4.73. The van der Waals surface area contributed by atoms with Gasteiger partial charge in [0.05, 0.1) is 12.7 Å². The smallest absolute Gasteiger partial charge is 0.244 e. The Bertz CT molecular complexity index is 928. The minimum Gasteiger partial charge on any atom is -0.453 e. The Morgan fingerprint density at radius 3 is 2.92 bits per heavy atom. The molecule has 3 aromatic rings. The first kappa shape index (κ1) is 18.3. The van der Waals surface area contributed by atoms with E-state index in [0.29, 0.717) is 17.9 Å². The van der Waals surface area contributed by atoms with E-state index in [2.05, 4.69) is 26.2 Å². The number of carbonyl (C=O) groups is 1. The summed E-state index contributed by atoms with van der Waals surface area (Å²) in [5.74, 6) is -0.206. The largest absolute Gasteiger partial charge is 0.453 e. The molecule has 1 amide bonds. The summed E-state index contributed by atoms with van der Waals surface area (Å²) in [6.07, 6.45) is 6.04. The number of thiophene rings is 1. The van der Waals surface area contributed by atoms with E-state index in [-0.39, 0.29) is 11.7 Å². The summed E-state index contributed by atoms with van der Waals surface area (Å²) >= 11 is 4.92. The highest BCUT2D eigenvalue weighted by Crippen LogP contribution is 2.25. The lowest BCUT2D eigenvalue weighted by molar-refractivity contribution is -0.116. The van der Waals surface area contributed by atoms with Crippen molar-refractivity contribution in [1.29, 1.82) is 0 Å². The molecule has 1 N–H and O–H groups in total. The van der Waals surface area contributed by atoms with E-state index in [1.165, 1.54) is 24.4 Å². The number of rotatable bonds is 6. The number of amides is 1. The van der Waals surface area contributed by atoms with Crippen molar-refractivity contribution in [2.24, 2.45) is 0 Å². The molecule has 0 unspecified atom stereocenters. The normalized spacial score (nSPS) is 10.8. The van der Waals surface area contributed by atoms with Gasteiger partial charge in [0.1, 0.15) is 5.75 Å². The Morgan fingerprint density at radius 2 is 2.23 bits per heavy atom. The second-order valence-electron chi connectivity index (χ2n) is 5.26. The Labute approximate surface area is 162 Å². The first-order valence-electron chi connectivity index (χ1n) is 7.66. The lowest BCUT2D eigenvalue weighted by atomic mass is 10.2. The highest BCUT2D eigenvalue weighted by atomic mass is 79.9. The van der Waals surface area contributed by atoms with Crippen LogP contribution in [-0.4, -0.2) is 10.9 Å². The summed E-state index contributed by atoms with van der Waals surface area (Å²) in [4.78, 5) is 16.8. The van der Waals surface area contributed by atoms with Crippen LogP contribution in [-0.2, 0) is 11.3 Å². The van der Waals surface area contributed by atoms with Gasteiger partial charge in [0, 0.05) is 27.0 Å². The van der Waals surface area contributed by atoms with Crippen LogP contribution >= 0.6 is 27.3 Å². The molecule has 0 bridgehead atoms. The minimum absolute atomic E-state index is 0.0999. The summed E-state index contributed by atoms with van der Waals surface area (Å²) in [7, 11) is 0. The first-order chi connectivity index (χ1) is 12.6. The number of hydrogen-bond donors (Lipinski definition) is 1. The summed E-state index contributed by atoms with van der Waals surface area (Å²) < 4.78 is 20.6. The van der Waals surface area contributed by atoms with E-state index in [1.54, 1.807) is 41.8 Å². The van der Waals surface area contributed by atoms with Gasteiger partial charge in [-0.05, 0) is 57.9 Å². The fourth-order valence-corrected chi connectivity index (χ4v) is 3.48. The topological polar surface area (TPSA) is 51.2 Å². The fourth-order valence-electron chi connectivity index (χ4n) is 2.09. The Balaban J connectivity index is 1.58. The van der Waals surface area contributed by atoms with Crippen LogP contribution < -0.4 is 10.1 Å². The number of nitrogens with one attached hydrogen (secondary N) is 1. The third kappa shape index (κ3) is 5.24. The van der Waals surface area contributed by atoms with Crippen molar-refractivity contribution in [1.82, 2.24) is 10.3 Å². The van der Waals surface area contributed by atoms with Crippen LogP contribution in [0.5, 0.6) is 11.5 Å². The number of hydrogen-bond acceptors (Lipinski definition) is 4. The zero-order chi connectivity index (χ0) is 18.4. The van der Waals surface area contributed by atoms with Crippen molar-refractivity contribution in [2.45, 2.75) is 6.54 Å². The van der Waals surface area contributed by atoms with Crippen molar-refractivity contribution in [3.05, 3.63) is 81.0 Å². The standard InChI is InChI=1S/C19H14BrFN2O2S/c20-14-9-16(26-12-14)11-23-19(24)6-4-13-3-5-18(17(21)8-13)25-15-2-1-7-22-10-15/h1-10,12H,11H2,(H,23,24)/b6-4+. The molecule has 3 rings (SSSR count). The monoisotopic (exact) mass is 432 g/mol. The molecule has 2 aromatic heterocycles. The fraction of sp³-hybridized carbons (Fsp3) is 0.0526. The Kier molecular flexibility index (Phi) is 6.14. The first-order valence-corrected chi connectivity index (χ1v) is 9.34. The molecule has 4 nitrogen and oxygen atoms in total. The number of aromatic nitrogens is 1. The zero-order valence-corrected chi connectivity index (χ0v) is 15.9. The molecule has 26 heavy (non-hydrogen) atoms. The van der Waals surface area contributed by atoms with E-state index in [4.69, 9.17) is 4.74 Å². The van der Waals surface area contributed by atoms with Crippen molar-refractivity contribution < 1.29 is 13.9 Å². The quantitative estimate of drug-likeness (QED) is 0.546. The van der Waals surface area contributed by atoms with Crippen LogP contribution in [0.25, 0.3) is 6.08 Å². The van der Waals surface area contributed by atoms with Crippen molar-refractivity contribution in [3.8, 4) is 11.5 Å². The van der Waals surface area contributed by atoms with Crippen molar-refractivity contribution >= 4 is 39.2 Å². The molecule has 1 aromatic carbocycles. The highest BCUT2D eigenvalue weighted by Gasteiger charge is 2.06. The SMILES string of the molecule is O=C(/C=C/c1ccc(Oc2cccnc2)c(F)c1)NCc1cc(Br)cs1. The van der Waals surface area contributed by atoms with Gasteiger partial charge in [-0.1, -0.05) is 6.07 Å². The molecule has 0 aliphatic heterocycles. The van der Waals surface area contributed by atoms with Gasteiger partial charge in [0.25, 0.3) is 0 Å². The maximum Gasteiger partial charge on any atom is 0.244 e. The zero-order valence-electron chi connectivity index (χ0n) is 13.5. The van der Waals surface area contributed by atoms with E-state index in [1.807, 2.05) is 11.4 Å². The van der Waals surface area contributed by atoms with Gasteiger partial charge >= 0.3 is 0 Å². The van der Waals surface area contributed by atoms with E-state index < -0.39 is 5.82 Å². The van der Waals surface area contributed by atoms with Crippen LogP contribution in [0, 0.1) is 5.82 Å². The van der Waals surface area contributed by atoms with Gasteiger partial charge in [0.2, 0.25) is 5.91 Å². The summed E-state index contributed by atoms with van der Waals surface area (Å²) in [6.45, 7) is 0.450. The molecule has 0 fully saturated rings. The molecule has 0 atom stereocenters. The predicted molar refractivity (Wildman–Crippen MR) is 104 cm³/mol. The van der Waals surface area contributed by atoms with Crippen LogP contribution in [0.15, 0.2) is 64.7 Å². The molecule has 0 saturated carbocycles. The van der Waals surface area contributed by atoms with Crippen LogP contribution in [0.2, 0.25) is 0 Å². The third-order valence-electron chi connectivity index (χ3n) is 3.30. The summed E-state index contributed by atoms with van der Waals surface area (Å²) in [5.41, 5.74) is 0.565. The number of pyridine rings is 1. The average Bonchev–Trinajstić information content (AvgIpc) is 3.06. The van der Waals surface area contributed by atoms with Gasteiger partial charge in [-0.15, -0.1) is 11.3 Å². The number of carbonyl (C=O) groups excluding carboxylic acids is 1. The maximum atomic E-state index is 14.1. The second-order valence-corrected chi connectivity index (χ2v) is 7.17. The maximum absolute atomic E-state index is 14.1. The van der Waals surface area contributed by atoms with Gasteiger partial charge in [-0.2, -0.15) is 0 Å². The molecule has 7 heteroatoms. The third-order valence-corrected chi connectivity index (χ3v) is 5.00. The minimum atomic E-state index is -0.514. The lowest BCUT2D eigenvalue weighted by Gasteiger charge is -2.06. The number of nitrogens with zero attached hydrogens (tertiary/aromatic N) is 1. The Morgan fingerprint density at radius 1 is 1.35 bits per heavy atom. The van der Waals surface area contributed by atoms with Gasteiger partial charge in [-0.3, -0.25) is 9.78 Å². The van der Waals surface area contributed by atoms with Gasteiger partial charge < -0.3 is 10.1 Å². The molecular formula is C19H14BrFN2O2S. The lowest BCUT2D eigenvalue weighted by Crippen LogP contribution is -2.19. The molecule has 132 valence electrons. The van der Waals surface area contributed by atoms with E-state index in [0.717, 1.165) is 9.35 Å². The number of halogens is 2. The number of benzene rings is 1. The van der Waals surface area contributed by atoms with Crippen LogP contribution in [0.1, 0.15) is 10.4 Å². The predicted octanol–water partition coefficient (Wildman–Crippen LogP) is 5.17.